The van der Waals surface area contributed by atoms with Crippen molar-refractivity contribution < 1.29 is 29.0 Å². The summed E-state index contributed by atoms with van der Waals surface area (Å²) in [6.45, 7) is 0. The Morgan fingerprint density at radius 1 is 0.580 bits per heavy atom. The van der Waals surface area contributed by atoms with Crippen molar-refractivity contribution in [2.45, 2.75) is 37.8 Å². The number of carbonyl (C=O) groups excluding carboxylic acids is 4. The summed E-state index contributed by atoms with van der Waals surface area (Å²) >= 11 is 12.3. The highest BCUT2D eigenvalue weighted by atomic mass is 35.5. The van der Waals surface area contributed by atoms with Crippen molar-refractivity contribution in [2.24, 2.45) is 0 Å². The first-order valence-electron chi connectivity index (χ1n) is 15.1. The molecule has 0 fully saturated rings. The van der Waals surface area contributed by atoms with Crippen molar-refractivity contribution >= 4 is 69.6 Å². The molecule has 258 valence electrons. The number of amides is 4. The quantitative estimate of drug-likeness (QED) is 0.0894. The van der Waals surface area contributed by atoms with Gasteiger partial charge in [0.1, 0.15) is 12.1 Å². The van der Waals surface area contributed by atoms with Gasteiger partial charge in [-0.05, 0) is 23.3 Å². The van der Waals surface area contributed by atoms with Gasteiger partial charge >= 0.3 is 0 Å². The first kappa shape index (κ1) is 37.0. The summed E-state index contributed by atoms with van der Waals surface area (Å²) in [6, 6.07) is 22.6. The van der Waals surface area contributed by atoms with Gasteiger partial charge in [-0.3, -0.25) is 39.4 Å². The van der Waals surface area contributed by atoms with Crippen molar-refractivity contribution in [3.63, 3.8) is 0 Å². The highest BCUT2D eigenvalue weighted by Crippen LogP contribution is 2.28. The Morgan fingerprint density at radius 2 is 0.940 bits per heavy atom. The van der Waals surface area contributed by atoms with Crippen molar-refractivity contribution in [2.75, 3.05) is 10.6 Å². The van der Waals surface area contributed by atoms with Gasteiger partial charge in [0.25, 0.3) is 11.4 Å². The van der Waals surface area contributed by atoms with E-state index in [0.717, 1.165) is 23.3 Å². The highest BCUT2D eigenvalue weighted by Gasteiger charge is 2.25. The molecule has 4 aromatic carbocycles. The zero-order valence-corrected chi connectivity index (χ0v) is 27.6. The van der Waals surface area contributed by atoms with Crippen LogP contribution in [0.1, 0.15) is 24.0 Å². The van der Waals surface area contributed by atoms with E-state index in [-0.39, 0.29) is 58.5 Å². The molecule has 4 amide bonds. The molecular weight excluding hydrogens is 691 g/mol. The molecule has 14 nitrogen and oxygen atoms in total. The Hall–Kier alpha value is -5.86. The lowest BCUT2D eigenvalue weighted by Gasteiger charge is -2.20. The molecule has 4 rings (SSSR count). The summed E-state index contributed by atoms with van der Waals surface area (Å²) in [6.07, 6.45) is -0.507. The number of hydrogen-bond acceptors (Lipinski definition) is 8. The molecule has 16 heteroatoms. The normalized spacial score (nSPS) is 11.8. The van der Waals surface area contributed by atoms with Crippen LogP contribution < -0.4 is 21.3 Å². The number of rotatable bonds is 15. The van der Waals surface area contributed by atoms with Gasteiger partial charge in [-0.25, -0.2) is 0 Å². The van der Waals surface area contributed by atoms with E-state index in [1.807, 2.05) is 0 Å². The van der Waals surface area contributed by atoms with E-state index in [1.165, 1.54) is 24.3 Å². The Kier molecular flexibility index (Phi) is 12.9. The second-order valence-corrected chi connectivity index (χ2v) is 11.8. The van der Waals surface area contributed by atoms with Crippen LogP contribution in [0.5, 0.6) is 0 Å². The third-order valence-corrected chi connectivity index (χ3v) is 7.92. The molecule has 0 saturated carbocycles. The summed E-state index contributed by atoms with van der Waals surface area (Å²) < 4.78 is 0. The smallest absolute Gasteiger partial charge is 0.271 e. The fourth-order valence-electron chi connectivity index (χ4n) is 4.76. The maximum absolute atomic E-state index is 13.3. The van der Waals surface area contributed by atoms with Crippen LogP contribution in [0, 0.1) is 20.2 Å². The Labute approximate surface area is 295 Å². The number of benzene rings is 4. The molecule has 0 saturated heterocycles. The Balaban J connectivity index is 1.42. The zero-order chi connectivity index (χ0) is 36.2. The number of hydrogen-bond donors (Lipinski definition) is 4. The molecular formula is C34H30Cl2N6O8. The van der Waals surface area contributed by atoms with Crippen LogP contribution in [0.2, 0.25) is 10.0 Å². The van der Waals surface area contributed by atoms with Crippen LogP contribution in [0.25, 0.3) is 0 Å². The van der Waals surface area contributed by atoms with E-state index >= 15 is 0 Å². The highest BCUT2D eigenvalue weighted by molar-refractivity contribution is 6.34. The minimum absolute atomic E-state index is 0.0704. The van der Waals surface area contributed by atoms with E-state index in [2.05, 4.69) is 21.3 Å². The number of nitro benzene ring substituents is 2. The fraction of sp³-hybridized carbons (Fsp3) is 0.176. The maximum Gasteiger partial charge on any atom is 0.271 e. The van der Waals surface area contributed by atoms with Gasteiger partial charge in [0, 0.05) is 49.9 Å². The summed E-state index contributed by atoms with van der Waals surface area (Å²) in [5.74, 6) is -2.56. The molecule has 0 heterocycles. The maximum atomic E-state index is 13.3. The molecule has 0 spiro atoms. The lowest BCUT2D eigenvalue weighted by molar-refractivity contribution is -0.385. The van der Waals surface area contributed by atoms with Gasteiger partial charge in [0.05, 0.1) is 31.3 Å². The van der Waals surface area contributed by atoms with Crippen molar-refractivity contribution in [1.82, 2.24) is 10.6 Å². The van der Waals surface area contributed by atoms with Gasteiger partial charge in [-0.2, -0.15) is 0 Å². The third-order valence-electron chi connectivity index (χ3n) is 7.29. The summed E-state index contributed by atoms with van der Waals surface area (Å²) in [7, 11) is 0. The monoisotopic (exact) mass is 720 g/mol. The summed E-state index contributed by atoms with van der Waals surface area (Å²) in [5.41, 5.74) is 1.13. The number of nitrogens with one attached hydrogen (secondary N) is 4. The van der Waals surface area contributed by atoms with Crippen LogP contribution in [0.15, 0.2) is 97.1 Å². The molecule has 50 heavy (non-hydrogen) atoms. The second-order valence-electron chi connectivity index (χ2n) is 10.9. The van der Waals surface area contributed by atoms with Gasteiger partial charge < -0.3 is 21.3 Å². The van der Waals surface area contributed by atoms with Crippen LogP contribution in [-0.2, 0) is 32.0 Å². The van der Waals surface area contributed by atoms with Gasteiger partial charge in [-0.15, -0.1) is 0 Å². The van der Waals surface area contributed by atoms with E-state index < -0.39 is 45.6 Å². The van der Waals surface area contributed by atoms with Crippen LogP contribution in [0.3, 0.4) is 0 Å². The molecule has 2 atom stereocenters. The van der Waals surface area contributed by atoms with Crippen molar-refractivity contribution in [3.05, 3.63) is 138 Å². The SMILES string of the molecule is O=C(CCC(=O)N[C@@H](Cc1ccccc1)C(=O)Nc1ccc([N+](=O)[O-])cc1Cl)N[C@@H](Cc1ccccc1)C(=O)Nc1ccc([N+](=O)[O-])cc1Cl. The molecule has 4 N–H and O–H groups in total. The molecule has 4 aromatic rings. The van der Waals surface area contributed by atoms with E-state index in [9.17, 15) is 39.4 Å². The minimum Gasteiger partial charge on any atom is -0.344 e. The van der Waals surface area contributed by atoms with E-state index in [0.29, 0.717) is 0 Å². The lowest BCUT2D eigenvalue weighted by atomic mass is 10.0. The topological polar surface area (TPSA) is 203 Å². The number of halogens is 2. The van der Waals surface area contributed by atoms with Crippen molar-refractivity contribution in [1.29, 1.82) is 0 Å². The van der Waals surface area contributed by atoms with Crippen molar-refractivity contribution in [3.8, 4) is 0 Å². The molecule has 0 unspecified atom stereocenters. The molecule has 0 bridgehead atoms. The first-order valence-corrected chi connectivity index (χ1v) is 15.8. The van der Waals surface area contributed by atoms with Gasteiger partial charge in [0.15, 0.2) is 0 Å². The van der Waals surface area contributed by atoms with E-state index in [4.69, 9.17) is 23.2 Å². The average molecular weight is 722 g/mol. The predicted molar refractivity (Wildman–Crippen MR) is 187 cm³/mol. The average Bonchev–Trinajstić information content (AvgIpc) is 3.09. The summed E-state index contributed by atoms with van der Waals surface area (Å²) in [4.78, 5) is 73.5. The standard InChI is InChI=1S/C34H30Cl2N6O8/c35-25-19-23(41(47)48)11-13-27(25)39-33(45)29(17-21-7-3-1-4-8-21)37-31(43)15-16-32(44)38-30(18-22-9-5-2-6-10-22)34(46)40-28-14-12-24(42(49)50)20-26(28)36/h1-14,19-20,29-30H,15-18H2,(H,37,43)(H,38,44)(H,39,45)(H,40,46)/t29-,30-/m0/s1. The predicted octanol–water partition coefficient (Wildman–Crippen LogP) is 5.62. The number of anilines is 2. The van der Waals surface area contributed by atoms with Crippen LogP contribution in [-0.4, -0.2) is 45.6 Å². The molecule has 0 radical (unpaired) electrons. The minimum atomic E-state index is -1.11. The van der Waals surface area contributed by atoms with Crippen LogP contribution >= 0.6 is 23.2 Å². The van der Waals surface area contributed by atoms with E-state index in [1.54, 1.807) is 60.7 Å². The molecule has 0 aliphatic heterocycles. The molecule has 0 aromatic heterocycles. The number of carbonyl (C=O) groups is 4. The van der Waals surface area contributed by atoms with Crippen LogP contribution in [0.4, 0.5) is 22.7 Å². The fourth-order valence-corrected chi connectivity index (χ4v) is 5.20. The third kappa shape index (κ3) is 10.8. The zero-order valence-electron chi connectivity index (χ0n) is 26.1. The molecule has 0 aliphatic carbocycles. The molecule has 0 aliphatic rings. The summed E-state index contributed by atoms with van der Waals surface area (Å²) in [5, 5.41) is 32.4. The van der Waals surface area contributed by atoms with Gasteiger partial charge in [0.2, 0.25) is 23.6 Å². The van der Waals surface area contributed by atoms with Gasteiger partial charge in [-0.1, -0.05) is 83.9 Å². The number of nitro groups is 2. The Bertz CT molecular complexity index is 1760. The second kappa shape index (κ2) is 17.5. The number of nitrogens with zero attached hydrogens (tertiary/aromatic N) is 2. The number of non-ortho nitro benzene ring substituents is 2. The lowest BCUT2D eigenvalue weighted by Crippen LogP contribution is -2.47. The Morgan fingerprint density at radius 3 is 1.26 bits per heavy atom. The first-order chi connectivity index (χ1) is 23.9. The largest absolute Gasteiger partial charge is 0.344 e.